The number of nitriles is 1. The topological polar surface area (TPSA) is 112 Å². The number of rotatable bonds is 6. The van der Waals surface area contributed by atoms with Gasteiger partial charge in [0.1, 0.15) is 11.4 Å². The average Bonchev–Trinajstić information content (AvgIpc) is 3.25. The third-order valence-electron chi connectivity index (χ3n) is 4.13. The zero-order chi connectivity index (χ0) is 18.5. The number of carbonyl (C=O) groups excluding carboxylic acids is 1. The summed E-state index contributed by atoms with van der Waals surface area (Å²) in [4.78, 5) is 22.1. The number of halogens is 1. The van der Waals surface area contributed by atoms with E-state index in [2.05, 4.69) is 25.7 Å². The molecule has 2 N–H and O–H groups in total. The van der Waals surface area contributed by atoms with Crippen LogP contribution in [0.1, 0.15) is 12.8 Å². The molecule has 0 radical (unpaired) electrons. The van der Waals surface area contributed by atoms with E-state index in [4.69, 9.17) is 16.9 Å². The van der Waals surface area contributed by atoms with Crippen LogP contribution in [0, 0.1) is 17.2 Å². The first-order valence-corrected chi connectivity index (χ1v) is 8.59. The summed E-state index contributed by atoms with van der Waals surface area (Å²) in [6, 6.07) is 1.90. The summed E-state index contributed by atoms with van der Waals surface area (Å²) in [7, 11) is 1.83. The normalized spacial score (nSPS) is 16.3. The number of nitrogens with zero attached hydrogens (tertiary/aromatic N) is 6. The fraction of sp³-hybridized carbons (Fsp3) is 0.438. The molecule has 1 saturated heterocycles. The lowest BCUT2D eigenvalue weighted by Gasteiger charge is -2.16. The van der Waals surface area contributed by atoms with Gasteiger partial charge in [-0.25, -0.2) is 4.98 Å². The van der Waals surface area contributed by atoms with Crippen molar-refractivity contribution < 1.29 is 4.79 Å². The van der Waals surface area contributed by atoms with Crippen molar-refractivity contribution in [3.8, 4) is 6.07 Å². The molecule has 0 aromatic carbocycles. The predicted octanol–water partition coefficient (Wildman–Crippen LogP) is 1.78. The number of hydrogen-bond acceptors (Lipinski definition) is 7. The minimum atomic E-state index is -0.113. The van der Waals surface area contributed by atoms with Crippen molar-refractivity contribution in [3.63, 3.8) is 0 Å². The highest BCUT2D eigenvalue weighted by Crippen LogP contribution is 2.23. The van der Waals surface area contributed by atoms with E-state index in [1.807, 2.05) is 19.3 Å². The molecule has 1 amide bonds. The highest BCUT2D eigenvalue weighted by atomic mass is 35.5. The van der Waals surface area contributed by atoms with Gasteiger partial charge in [-0.05, 0) is 12.3 Å². The molecule has 0 aliphatic carbocycles. The first kappa shape index (κ1) is 17.9. The first-order chi connectivity index (χ1) is 12.5. The van der Waals surface area contributed by atoms with Crippen molar-refractivity contribution in [3.05, 3.63) is 23.6 Å². The van der Waals surface area contributed by atoms with E-state index < -0.39 is 0 Å². The fourth-order valence-electron chi connectivity index (χ4n) is 2.81. The van der Waals surface area contributed by atoms with Crippen LogP contribution in [-0.4, -0.2) is 50.2 Å². The summed E-state index contributed by atoms with van der Waals surface area (Å²) in [5.74, 6) is 1.13. The van der Waals surface area contributed by atoms with Crippen LogP contribution < -0.4 is 10.6 Å². The van der Waals surface area contributed by atoms with Crippen molar-refractivity contribution in [2.24, 2.45) is 13.0 Å². The molecule has 0 spiro atoms. The number of aromatic nitrogens is 4. The Hall–Kier alpha value is -2.86. The molecule has 0 bridgehead atoms. The lowest BCUT2D eigenvalue weighted by atomic mass is 10.1. The first-order valence-electron chi connectivity index (χ1n) is 8.22. The van der Waals surface area contributed by atoms with E-state index in [0.29, 0.717) is 42.3 Å². The van der Waals surface area contributed by atoms with Crippen molar-refractivity contribution in [1.82, 2.24) is 24.6 Å². The summed E-state index contributed by atoms with van der Waals surface area (Å²) in [5.41, 5.74) is 0.781. The molecule has 9 nitrogen and oxygen atoms in total. The minimum absolute atomic E-state index is 0.0682. The van der Waals surface area contributed by atoms with Crippen LogP contribution in [-0.2, 0) is 11.8 Å². The molecule has 2 aromatic heterocycles. The van der Waals surface area contributed by atoms with E-state index in [9.17, 15) is 4.79 Å². The Morgan fingerprint density at radius 2 is 2.35 bits per heavy atom. The van der Waals surface area contributed by atoms with Crippen molar-refractivity contribution in [2.45, 2.75) is 12.8 Å². The predicted molar refractivity (Wildman–Crippen MR) is 96.9 cm³/mol. The number of carbonyl (C=O) groups is 1. The van der Waals surface area contributed by atoms with Crippen LogP contribution >= 0.6 is 11.6 Å². The summed E-state index contributed by atoms with van der Waals surface area (Å²) in [6.45, 7) is 1.95. The second-order valence-electron chi connectivity index (χ2n) is 6.13. The maximum atomic E-state index is 11.8. The molecule has 26 heavy (non-hydrogen) atoms. The highest BCUT2D eigenvalue weighted by molar-refractivity contribution is 6.32. The summed E-state index contributed by atoms with van der Waals surface area (Å²) < 4.78 is 1.68. The molecule has 3 rings (SSSR count). The fourth-order valence-corrected chi connectivity index (χ4v) is 2.97. The number of hydrogen-bond donors (Lipinski definition) is 2. The minimum Gasteiger partial charge on any atom is -0.368 e. The van der Waals surface area contributed by atoms with E-state index in [1.54, 1.807) is 15.8 Å². The summed E-state index contributed by atoms with van der Waals surface area (Å²) in [5, 5.41) is 19.4. The molecule has 1 aliphatic heterocycles. The standard InChI is InChI=1S/C16H19ClN8O/c1-24-10-12(7-21-24)22-16-20-8-13(17)15(23-16)19-6-11-3-5-25(9-11)14(26)2-4-18/h7-8,10-11H,2-3,5-6,9H2,1H3,(H2,19,20,22,23). The van der Waals surface area contributed by atoms with Gasteiger partial charge in [-0.2, -0.15) is 15.3 Å². The largest absolute Gasteiger partial charge is 0.368 e. The molecule has 1 unspecified atom stereocenters. The van der Waals surface area contributed by atoms with E-state index >= 15 is 0 Å². The van der Waals surface area contributed by atoms with Crippen molar-refractivity contribution >= 4 is 35.0 Å². The number of nitrogens with one attached hydrogen (secondary N) is 2. The Morgan fingerprint density at radius 1 is 1.50 bits per heavy atom. The lowest BCUT2D eigenvalue weighted by molar-refractivity contribution is -0.129. The smallest absolute Gasteiger partial charge is 0.236 e. The van der Waals surface area contributed by atoms with Gasteiger partial charge in [0, 0.05) is 32.9 Å². The third kappa shape index (κ3) is 4.40. The van der Waals surface area contributed by atoms with E-state index in [-0.39, 0.29) is 12.3 Å². The molecular weight excluding hydrogens is 356 g/mol. The second-order valence-corrected chi connectivity index (χ2v) is 6.54. The van der Waals surface area contributed by atoms with E-state index in [1.165, 1.54) is 6.20 Å². The molecule has 0 saturated carbocycles. The van der Waals surface area contributed by atoms with Gasteiger partial charge in [0.15, 0.2) is 5.82 Å². The number of anilines is 3. The van der Waals surface area contributed by atoms with Gasteiger partial charge in [0.2, 0.25) is 11.9 Å². The van der Waals surface area contributed by atoms with Crippen LogP contribution in [0.3, 0.4) is 0 Å². The Morgan fingerprint density at radius 3 is 3.08 bits per heavy atom. The molecule has 3 heterocycles. The van der Waals surface area contributed by atoms with Crippen LogP contribution in [0.5, 0.6) is 0 Å². The van der Waals surface area contributed by atoms with Crippen molar-refractivity contribution in [1.29, 1.82) is 5.26 Å². The van der Waals surface area contributed by atoms with Gasteiger partial charge >= 0.3 is 0 Å². The van der Waals surface area contributed by atoms with Crippen LogP contribution in [0.15, 0.2) is 18.6 Å². The lowest BCUT2D eigenvalue weighted by Crippen LogP contribution is -2.29. The Bertz CT molecular complexity index is 830. The molecule has 136 valence electrons. The van der Waals surface area contributed by atoms with Crippen LogP contribution in [0.2, 0.25) is 5.02 Å². The SMILES string of the molecule is Cn1cc(Nc2ncc(Cl)c(NCC3CCN(C(=O)CC#N)C3)n2)cn1. The number of amides is 1. The molecule has 1 fully saturated rings. The van der Waals surface area contributed by atoms with Gasteiger partial charge in [-0.3, -0.25) is 9.48 Å². The molecular formula is C16H19ClN8O. The van der Waals surface area contributed by atoms with Gasteiger partial charge < -0.3 is 15.5 Å². The molecule has 1 aliphatic rings. The second kappa shape index (κ2) is 8.01. The Labute approximate surface area is 156 Å². The highest BCUT2D eigenvalue weighted by Gasteiger charge is 2.26. The van der Waals surface area contributed by atoms with Gasteiger partial charge in [0.25, 0.3) is 0 Å². The Balaban J connectivity index is 1.57. The van der Waals surface area contributed by atoms with Crippen LogP contribution in [0.25, 0.3) is 0 Å². The zero-order valence-corrected chi connectivity index (χ0v) is 15.1. The molecule has 10 heteroatoms. The zero-order valence-electron chi connectivity index (χ0n) is 14.3. The quantitative estimate of drug-likeness (QED) is 0.792. The molecule has 1 atom stereocenters. The van der Waals surface area contributed by atoms with Gasteiger partial charge in [0.05, 0.1) is 24.2 Å². The van der Waals surface area contributed by atoms with Gasteiger partial charge in [-0.15, -0.1) is 0 Å². The maximum absolute atomic E-state index is 11.8. The summed E-state index contributed by atoms with van der Waals surface area (Å²) >= 11 is 6.18. The monoisotopic (exact) mass is 374 g/mol. The Kier molecular flexibility index (Phi) is 5.53. The van der Waals surface area contributed by atoms with Gasteiger partial charge in [-0.1, -0.05) is 11.6 Å². The van der Waals surface area contributed by atoms with Crippen molar-refractivity contribution in [2.75, 3.05) is 30.3 Å². The number of aryl methyl sites for hydroxylation is 1. The van der Waals surface area contributed by atoms with Crippen LogP contribution in [0.4, 0.5) is 17.5 Å². The van der Waals surface area contributed by atoms with E-state index in [0.717, 1.165) is 12.1 Å². The third-order valence-corrected chi connectivity index (χ3v) is 4.41. The maximum Gasteiger partial charge on any atom is 0.236 e. The average molecular weight is 375 g/mol. The number of likely N-dealkylation sites (tertiary alicyclic amines) is 1. The summed E-state index contributed by atoms with van der Waals surface area (Å²) in [6.07, 6.45) is 5.84. The molecule has 2 aromatic rings.